The van der Waals surface area contributed by atoms with Crippen molar-refractivity contribution in [2.24, 2.45) is 11.3 Å². The fourth-order valence-electron chi connectivity index (χ4n) is 4.84. The van der Waals surface area contributed by atoms with Crippen LogP contribution in [0, 0.1) is 11.3 Å². The van der Waals surface area contributed by atoms with Gasteiger partial charge in [-0.25, -0.2) is 14.3 Å². The molecule has 0 aliphatic heterocycles. The highest BCUT2D eigenvalue weighted by Crippen LogP contribution is 2.44. The van der Waals surface area contributed by atoms with Gasteiger partial charge in [0.1, 0.15) is 10.7 Å². The number of fused-ring (bicyclic) bond motifs is 2. The Kier molecular flexibility index (Phi) is 6.78. The summed E-state index contributed by atoms with van der Waals surface area (Å²) in [6, 6.07) is 5.01. The van der Waals surface area contributed by atoms with Crippen LogP contribution in [0.1, 0.15) is 71.1 Å². The topological polar surface area (TPSA) is 98.7 Å². The number of thiophene rings is 1. The smallest absolute Gasteiger partial charge is 0.433 e. The molecule has 12 heteroatoms. The number of amides is 1. The lowest BCUT2D eigenvalue weighted by molar-refractivity contribution is -0.142. The molecule has 0 aromatic carbocycles. The maximum Gasteiger partial charge on any atom is 0.433 e. The molecule has 8 nitrogen and oxygen atoms in total. The summed E-state index contributed by atoms with van der Waals surface area (Å²) in [7, 11) is 0. The molecular formula is C27H27F3N4O4S. The van der Waals surface area contributed by atoms with E-state index in [2.05, 4.69) is 36.2 Å². The van der Waals surface area contributed by atoms with Crippen molar-refractivity contribution in [2.75, 3.05) is 11.9 Å². The summed E-state index contributed by atoms with van der Waals surface area (Å²) in [5.41, 5.74) is -0.378. The van der Waals surface area contributed by atoms with E-state index in [1.54, 1.807) is 6.92 Å². The third-order valence-corrected chi connectivity index (χ3v) is 8.09. The number of esters is 1. The molecule has 1 aliphatic rings. The fraction of sp³-hybridized carbons (Fsp3) is 0.407. The molecule has 1 aliphatic carbocycles. The van der Waals surface area contributed by atoms with E-state index in [9.17, 15) is 22.8 Å². The molecule has 0 unspecified atom stereocenters. The minimum atomic E-state index is -4.77. The second-order valence-electron chi connectivity index (χ2n) is 10.5. The van der Waals surface area contributed by atoms with Crippen LogP contribution in [0.4, 0.5) is 18.2 Å². The van der Waals surface area contributed by atoms with E-state index in [0.717, 1.165) is 29.3 Å². The van der Waals surface area contributed by atoms with E-state index in [1.165, 1.54) is 35.8 Å². The number of nitrogens with zero attached hydrogens (tertiary/aromatic N) is 3. The number of aromatic nitrogens is 3. The first-order chi connectivity index (χ1) is 18.4. The molecule has 0 spiro atoms. The molecule has 0 bridgehead atoms. The Hall–Kier alpha value is -3.67. The molecular weight excluding hydrogens is 533 g/mol. The first kappa shape index (κ1) is 26.9. The Morgan fingerprint density at radius 2 is 2.03 bits per heavy atom. The molecule has 1 amide bonds. The Labute approximate surface area is 226 Å². The van der Waals surface area contributed by atoms with Crippen LogP contribution in [-0.4, -0.2) is 33.1 Å². The maximum absolute atomic E-state index is 13.9. The van der Waals surface area contributed by atoms with Crippen molar-refractivity contribution in [3.63, 3.8) is 0 Å². The summed E-state index contributed by atoms with van der Waals surface area (Å²) in [6.45, 7) is 8.39. The van der Waals surface area contributed by atoms with Crippen molar-refractivity contribution in [3.8, 4) is 11.5 Å². The summed E-state index contributed by atoms with van der Waals surface area (Å²) in [4.78, 5) is 31.4. The molecule has 4 aromatic heterocycles. The molecule has 4 aromatic rings. The molecule has 0 fully saturated rings. The number of rotatable bonds is 5. The monoisotopic (exact) mass is 560 g/mol. The Bertz CT molecular complexity index is 1550. The number of halogens is 3. The van der Waals surface area contributed by atoms with Crippen molar-refractivity contribution >= 4 is 33.9 Å². The second kappa shape index (κ2) is 9.82. The largest absolute Gasteiger partial charge is 0.463 e. The molecule has 1 N–H and O–H groups in total. The number of carbonyl (C=O) groups is 2. The molecule has 0 radical (unpaired) electrons. The normalized spacial score (nSPS) is 15.8. The van der Waals surface area contributed by atoms with Gasteiger partial charge in [0.2, 0.25) is 0 Å². The Morgan fingerprint density at radius 3 is 2.67 bits per heavy atom. The van der Waals surface area contributed by atoms with E-state index in [-0.39, 0.29) is 34.8 Å². The lowest BCUT2D eigenvalue weighted by Crippen LogP contribution is -2.26. The number of carbonyl (C=O) groups excluding carboxylic acids is 2. The maximum atomic E-state index is 13.9. The predicted molar refractivity (Wildman–Crippen MR) is 139 cm³/mol. The van der Waals surface area contributed by atoms with Crippen molar-refractivity contribution in [3.05, 3.63) is 57.9 Å². The highest BCUT2D eigenvalue weighted by atomic mass is 32.1. The highest BCUT2D eigenvalue weighted by Gasteiger charge is 2.37. The summed E-state index contributed by atoms with van der Waals surface area (Å²) in [5.74, 6) is -0.758. The van der Waals surface area contributed by atoms with Gasteiger partial charge in [0.15, 0.2) is 22.8 Å². The van der Waals surface area contributed by atoms with Crippen LogP contribution in [0.5, 0.6) is 0 Å². The van der Waals surface area contributed by atoms with Crippen LogP contribution >= 0.6 is 11.3 Å². The third kappa shape index (κ3) is 5.17. The molecule has 1 atom stereocenters. The van der Waals surface area contributed by atoms with Crippen molar-refractivity contribution in [2.45, 2.75) is 53.1 Å². The van der Waals surface area contributed by atoms with Crippen LogP contribution in [-0.2, 0) is 23.8 Å². The van der Waals surface area contributed by atoms with Gasteiger partial charge in [-0.3, -0.25) is 4.79 Å². The van der Waals surface area contributed by atoms with E-state index >= 15 is 0 Å². The average molecular weight is 561 g/mol. The van der Waals surface area contributed by atoms with Gasteiger partial charge in [0.05, 0.1) is 18.4 Å². The zero-order chi connectivity index (χ0) is 28.1. The van der Waals surface area contributed by atoms with Crippen LogP contribution in [0.15, 0.2) is 34.9 Å². The predicted octanol–water partition coefficient (Wildman–Crippen LogP) is 6.65. The van der Waals surface area contributed by atoms with E-state index in [1.807, 2.05) is 0 Å². The number of nitrogens with one attached hydrogen (secondary N) is 1. The summed E-state index contributed by atoms with van der Waals surface area (Å²) in [5, 5.41) is 6.93. The fourth-order valence-corrected chi connectivity index (χ4v) is 6.15. The van der Waals surface area contributed by atoms with Gasteiger partial charge in [-0.15, -0.1) is 11.3 Å². The summed E-state index contributed by atoms with van der Waals surface area (Å²) >= 11 is 1.30. The Morgan fingerprint density at radius 1 is 1.26 bits per heavy atom. The van der Waals surface area contributed by atoms with Gasteiger partial charge in [-0.1, -0.05) is 20.8 Å². The summed E-state index contributed by atoms with van der Waals surface area (Å²) in [6.07, 6.45) is -1.12. The molecule has 39 heavy (non-hydrogen) atoms. The number of alkyl halides is 3. The number of ether oxygens (including phenoxy) is 1. The zero-order valence-corrected chi connectivity index (χ0v) is 22.6. The zero-order valence-electron chi connectivity index (χ0n) is 21.8. The molecule has 5 rings (SSSR count). The van der Waals surface area contributed by atoms with Crippen LogP contribution in [0.2, 0.25) is 0 Å². The molecule has 0 saturated heterocycles. The first-order valence-corrected chi connectivity index (χ1v) is 13.3. The van der Waals surface area contributed by atoms with Gasteiger partial charge >= 0.3 is 12.1 Å². The summed E-state index contributed by atoms with van der Waals surface area (Å²) < 4.78 is 52.7. The molecule has 0 saturated carbocycles. The van der Waals surface area contributed by atoms with Gasteiger partial charge in [-0.05, 0) is 61.3 Å². The van der Waals surface area contributed by atoms with Crippen LogP contribution in [0.3, 0.4) is 0 Å². The lowest BCUT2D eigenvalue weighted by atomic mass is 9.72. The number of anilines is 1. The minimum absolute atomic E-state index is 0.0457. The lowest BCUT2D eigenvalue weighted by Gasteiger charge is -2.33. The molecule has 4 heterocycles. The third-order valence-electron chi connectivity index (χ3n) is 6.92. The van der Waals surface area contributed by atoms with Crippen molar-refractivity contribution in [1.82, 2.24) is 14.6 Å². The van der Waals surface area contributed by atoms with E-state index in [0.29, 0.717) is 27.4 Å². The van der Waals surface area contributed by atoms with Crippen molar-refractivity contribution in [1.29, 1.82) is 0 Å². The van der Waals surface area contributed by atoms with Gasteiger partial charge in [0.25, 0.3) is 5.91 Å². The van der Waals surface area contributed by atoms with E-state index < -0.39 is 23.7 Å². The highest BCUT2D eigenvalue weighted by molar-refractivity contribution is 7.17. The van der Waals surface area contributed by atoms with Crippen LogP contribution < -0.4 is 5.32 Å². The number of hydrogen-bond acceptors (Lipinski definition) is 7. The van der Waals surface area contributed by atoms with Gasteiger partial charge in [0, 0.05) is 10.9 Å². The Balaban J connectivity index is 1.52. The SMILES string of the molecule is CCOC(=O)c1c(NC(=O)c2cc3nc(-c4ccco4)cc(C(F)(F)F)n3n2)sc2c1CC[C@@H](C(C)(C)C)C2. The number of furan rings is 1. The van der Waals surface area contributed by atoms with Gasteiger partial charge < -0.3 is 14.5 Å². The van der Waals surface area contributed by atoms with Crippen LogP contribution in [0.25, 0.3) is 17.1 Å². The quantitative estimate of drug-likeness (QED) is 0.275. The second-order valence-corrected chi connectivity index (χ2v) is 11.6. The first-order valence-electron chi connectivity index (χ1n) is 12.5. The minimum Gasteiger partial charge on any atom is -0.463 e. The standard InChI is InChI=1S/C27H27F3N4O4S/c1-5-37-25(36)22-15-9-8-14(26(2,3)4)11-19(15)39-24(22)32-23(35)17-13-21-31-16(18-7-6-10-38-18)12-20(27(28,29)30)34(21)33-17/h6-7,10,12-14H,5,8-9,11H2,1-4H3,(H,32,35)/t14-/m1/s1. The number of hydrogen-bond donors (Lipinski definition) is 1. The molecule has 206 valence electrons. The average Bonchev–Trinajstić information content (AvgIpc) is 3.59. The van der Waals surface area contributed by atoms with E-state index in [4.69, 9.17) is 9.15 Å². The van der Waals surface area contributed by atoms with Crippen molar-refractivity contribution < 1.29 is 31.9 Å². The van der Waals surface area contributed by atoms with Gasteiger partial charge in [-0.2, -0.15) is 18.3 Å².